The molecule has 0 aliphatic rings. The SMILES string of the molecule is CC(C)(C)[Si](F)(c1ccc(C(=O)NC[C@@H](N)C(=O)N[C@H](CN)C(=O)NCCC(=O)NCCC(=O)NCCC[C@@H](NC(=O)CC[C@H](NC(=O)N[C@@H](CCC(=O)O)C(=O)O)C(=O)O)C(=O)O)cc1)C(C)(C)C. The molecule has 0 saturated carbocycles. The number of carbonyl (C=O) groups excluding carboxylic acids is 7. The van der Waals surface area contributed by atoms with Crippen LogP contribution in [-0.4, -0.2) is 157 Å². The predicted octanol–water partition coefficient (Wildman–Crippen LogP) is -1.76. The van der Waals surface area contributed by atoms with E-state index in [1.807, 2.05) is 52.2 Å². The Labute approximate surface area is 405 Å². The molecule has 70 heavy (non-hydrogen) atoms. The monoisotopic (exact) mass is 1010 g/mol. The van der Waals surface area contributed by atoms with Crippen LogP contribution in [0.25, 0.3) is 0 Å². The summed E-state index contributed by atoms with van der Waals surface area (Å²) in [5.74, 6) is -9.88. The fourth-order valence-corrected chi connectivity index (χ4v) is 11.7. The Morgan fingerprint density at radius 2 is 1.04 bits per heavy atom. The number of carboxylic acids is 4. The molecular formula is C43H69FN10O15Si. The van der Waals surface area contributed by atoms with Crippen LogP contribution in [0.5, 0.6) is 0 Å². The number of halogens is 1. The maximum absolute atomic E-state index is 16.6. The molecule has 0 bridgehead atoms. The van der Waals surface area contributed by atoms with Crippen molar-refractivity contribution in [3.05, 3.63) is 29.8 Å². The van der Waals surface area contributed by atoms with Crippen LogP contribution in [-0.2, 0) is 43.2 Å². The van der Waals surface area contributed by atoms with Gasteiger partial charge in [-0.25, -0.2) is 19.2 Å². The van der Waals surface area contributed by atoms with Gasteiger partial charge in [0.1, 0.15) is 30.2 Å². The second-order valence-electron chi connectivity index (χ2n) is 18.3. The van der Waals surface area contributed by atoms with Gasteiger partial charge < -0.3 is 78.5 Å². The summed E-state index contributed by atoms with van der Waals surface area (Å²) in [6.45, 7) is 10.3. The molecule has 27 heteroatoms. The second kappa shape index (κ2) is 28.7. The number of nitrogens with two attached hydrogens (primary N) is 2. The van der Waals surface area contributed by atoms with Crippen molar-refractivity contribution < 1.29 is 77.3 Å². The first-order valence-electron chi connectivity index (χ1n) is 22.4. The van der Waals surface area contributed by atoms with Gasteiger partial charge in [0.25, 0.3) is 14.3 Å². The molecule has 0 saturated heterocycles. The highest BCUT2D eigenvalue weighted by Gasteiger charge is 2.56. The summed E-state index contributed by atoms with van der Waals surface area (Å²) in [6, 6.07) is -2.26. The summed E-state index contributed by atoms with van der Waals surface area (Å²) >= 11 is 0. The average Bonchev–Trinajstić information content (AvgIpc) is 3.26. The molecule has 0 aliphatic carbocycles. The lowest BCUT2D eigenvalue weighted by atomic mass is 10.1. The molecule has 1 aromatic carbocycles. The van der Waals surface area contributed by atoms with Crippen molar-refractivity contribution in [3.63, 3.8) is 0 Å². The average molecular weight is 1010 g/mol. The molecule has 0 unspecified atom stereocenters. The quantitative estimate of drug-likeness (QED) is 0.0231. The van der Waals surface area contributed by atoms with Gasteiger partial charge in [0, 0.05) is 64.0 Å². The lowest BCUT2D eigenvalue weighted by Gasteiger charge is -2.44. The Hall–Kier alpha value is -6.74. The summed E-state index contributed by atoms with van der Waals surface area (Å²) < 4.78 is 16.6. The molecule has 392 valence electrons. The standard InChI is InChI=1S/C43H69FN10O15Si/c1-42(2,3)70(44,43(4,5)6)25-11-9-24(10-12-25)35(60)50-23-26(46)36(61)52-30(22-45)37(62)49-21-18-32(56)48-20-17-31(55)47-19-7-8-27(38(63)64)51-33(57)15-13-28(39(65)66)53-41(69)54-29(40(67)68)14-16-34(58)59/h9-12,26-30H,7-8,13-23,45-46H2,1-6H3,(H,47,55)(H,48,56)(H,49,62)(H,50,60)(H,51,57)(H,52,61)(H,58,59)(H,63,64)(H,65,66)(H,67,68)(H2,53,54,69)/t26-,27-,28+,29+,30-/m1/s1. The van der Waals surface area contributed by atoms with Crippen molar-refractivity contribution in [1.82, 2.24) is 42.5 Å². The molecule has 16 N–H and O–H groups in total. The number of aliphatic carboxylic acids is 4. The molecular weight excluding hydrogens is 944 g/mol. The van der Waals surface area contributed by atoms with E-state index in [9.17, 15) is 63.0 Å². The molecule has 0 fully saturated rings. The summed E-state index contributed by atoms with van der Waals surface area (Å²) in [7, 11) is -3.55. The number of hydrogen-bond donors (Lipinski definition) is 14. The summed E-state index contributed by atoms with van der Waals surface area (Å²) in [6.07, 6.45) is -2.63. The van der Waals surface area contributed by atoms with Gasteiger partial charge in [0.2, 0.25) is 29.5 Å². The maximum Gasteiger partial charge on any atom is 0.326 e. The molecule has 1 rings (SSSR count). The van der Waals surface area contributed by atoms with E-state index in [0.29, 0.717) is 5.19 Å². The van der Waals surface area contributed by atoms with Crippen molar-refractivity contribution >= 4 is 78.9 Å². The molecule has 5 atom stereocenters. The molecule has 1 aromatic rings. The zero-order valence-corrected chi connectivity index (χ0v) is 41.2. The Morgan fingerprint density at radius 3 is 1.51 bits per heavy atom. The van der Waals surface area contributed by atoms with E-state index in [0.717, 1.165) is 0 Å². The van der Waals surface area contributed by atoms with Crippen LogP contribution in [0.15, 0.2) is 24.3 Å². The number of rotatable bonds is 30. The van der Waals surface area contributed by atoms with Crippen molar-refractivity contribution in [2.24, 2.45) is 11.5 Å². The number of urea groups is 1. The molecule has 0 aliphatic heterocycles. The molecule has 25 nitrogen and oxygen atoms in total. The Bertz CT molecular complexity index is 2020. The fourth-order valence-electron chi connectivity index (χ4n) is 7.14. The van der Waals surface area contributed by atoms with Crippen LogP contribution in [0.4, 0.5) is 8.90 Å². The van der Waals surface area contributed by atoms with Gasteiger partial charge in [-0.2, -0.15) is 0 Å². The van der Waals surface area contributed by atoms with Crippen molar-refractivity contribution in [1.29, 1.82) is 0 Å². The second-order valence-corrected chi connectivity index (χ2v) is 23.2. The molecule has 0 radical (unpaired) electrons. The number of benzene rings is 1. The smallest absolute Gasteiger partial charge is 0.326 e. The first-order chi connectivity index (χ1) is 32.4. The zero-order chi connectivity index (χ0) is 53.6. The molecule has 0 aromatic heterocycles. The Balaban J connectivity index is 2.44. The third-order valence-electron chi connectivity index (χ3n) is 10.8. The molecule has 0 heterocycles. The Morgan fingerprint density at radius 1 is 0.571 bits per heavy atom. The number of carbonyl (C=O) groups is 11. The highest BCUT2D eigenvalue weighted by Crippen LogP contribution is 2.51. The van der Waals surface area contributed by atoms with Gasteiger partial charge in [0.05, 0.1) is 0 Å². The number of amides is 8. The van der Waals surface area contributed by atoms with Crippen molar-refractivity contribution in [3.8, 4) is 0 Å². The first-order valence-corrected chi connectivity index (χ1v) is 24.2. The van der Waals surface area contributed by atoms with Gasteiger partial charge in [-0.05, 0) is 53.1 Å². The van der Waals surface area contributed by atoms with Crippen LogP contribution in [0.3, 0.4) is 0 Å². The van der Waals surface area contributed by atoms with E-state index < -0.39 is 140 Å². The molecule has 0 spiro atoms. The Kier molecular flexibility index (Phi) is 25.1. The van der Waals surface area contributed by atoms with Gasteiger partial charge in [-0.15, -0.1) is 0 Å². The van der Waals surface area contributed by atoms with Crippen molar-refractivity contribution in [2.75, 3.05) is 32.7 Å². The first kappa shape index (κ1) is 61.3. The van der Waals surface area contributed by atoms with Crippen LogP contribution in [0, 0.1) is 0 Å². The van der Waals surface area contributed by atoms with Crippen LogP contribution >= 0.6 is 0 Å². The number of carboxylic acid groups (broad SMARTS) is 4. The predicted molar refractivity (Wildman–Crippen MR) is 251 cm³/mol. The van der Waals surface area contributed by atoms with E-state index in [4.69, 9.17) is 21.7 Å². The minimum Gasteiger partial charge on any atom is -0.481 e. The van der Waals surface area contributed by atoms with Crippen LogP contribution < -0.4 is 59.2 Å². The third-order valence-corrected chi connectivity index (χ3v) is 16.0. The summed E-state index contributed by atoms with van der Waals surface area (Å²) in [4.78, 5) is 133. The topological polar surface area (TPSA) is 417 Å². The van der Waals surface area contributed by atoms with E-state index in [1.54, 1.807) is 12.1 Å². The third kappa shape index (κ3) is 20.9. The number of nitrogens with one attached hydrogen (secondary N) is 8. The van der Waals surface area contributed by atoms with E-state index >= 15 is 4.11 Å². The van der Waals surface area contributed by atoms with Gasteiger partial charge in [-0.3, -0.25) is 33.6 Å². The molecule has 8 amide bonds. The lowest BCUT2D eigenvalue weighted by Crippen LogP contribution is -2.58. The summed E-state index contributed by atoms with van der Waals surface area (Å²) in [5, 5.41) is 54.7. The van der Waals surface area contributed by atoms with Crippen LogP contribution in [0.2, 0.25) is 10.1 Å². The van der Waals surface area contributed by atoms with Gasteiger partial charge >= 0.3 is 29.9 Å². The van der Waals surface area contributed by atoms with Crippen molar-refractivity contribution in [2.45, 2.75) is 133 Å². The fraction of sp³-hybridized carbons (Fsp3) is 0.605. The lowest BCUT2D eigenvalue weighted by molar-refractivity contribution is -0.142. The maximum atomic E-state index is 16.6. The zero-order valence-electron chi connectivity index (χ0n) is 40.2. The van der Waals surface area contributed by atoms with Gasteiger partial charge in [-0.1, -0.05) is 53.7 Å². The highest BCUT2D eigenvalue weighted by atomic mass is 28.4. The summed E-state index contributed by atoms with van der Waals surface area (Å²) in [5.41, 5.74) is 11.9. The van der Waals surface area contributed by atoms with E-state index in [1.165, 1.54) is 12.1 Å². The largest absolute Gasteiger partial charge is 0.481 e. The normalized spacial score (nSPS) is 13.7. The van der Waals surface area contributed by atoms with Crippen LogP contribution in [0.1, 0.15) is 103 Å². The van der Waals surface area contributed by atoms with Gasteiger partial charge in [0.15, 0.2) is 0 Å². The van der Waals surface area contributed by atoms with E-state index in [2.05, 4.69) is 31.9 Å². The minimum absolute atomic E-state index is 0.0185. The minimum atomic E-state index is -3.55. The van der Waals surface area contributed by atoms with E-state index in [-0.39, 0.29) is 64.0 Å². The number of hydrogen-bond acceptors (Lipinski definition) is 13. The highest BCUT2D eigenvalue weighted by molar-refractivity contribution is 6.90.